The van der Waals surface area contributed by atoms with Crippen LogP contribution in [-0.2, 0) is 9.59 Å². The van der Waals surface area contributed by atoms with Crippen molar-refractivity contribution in [2.45, 2.75) is 32.2 Å². The van der Waals surface area contributed by atoms with Crippen LogP contribution in [0, 0.1) is 6.92 Å². The normalized spacial score (nSPS) is 17.6. The maximum absolute atomic E-state index is 13.0. The molecule has 0 saturated heterocycles. The van der Waals surface area contributed by atoms with E-state index in [-0.39, 0.29) is 24.3 Å². The molecule has 2 unspecified atom stereocenters. The van der Waals surface area contributed by atoms with Crippen LogP contribution in [0.25, 0.3) is 0 Å². The molecule has 1 N–H and O–H groups in total. The van der Waals surface area contributed by atoms with Crippen molar-refractivity contribution >= 4 is 17.5 Å². The zero-order valence-electron chi connectivity index (χ0n) is 14.2. The Morgan fingerprint density at radius 1 is 1.17 bits per heavy atom. The third-order valence-corrected chi connectivity index (χ3v) is 4.79. The van der Waals surface area contributed by atoms with Gasteiger partial charge in [-0.1, -0.05) is 48.0 Å². The summed E-state index contributed by atoms with van der Waals surface area (Å²) < 4.78 is 0. The van der Waals surface area contributed by atoms with Gasteiger partial charge in [-0.25, -0.2) is 0 Å². The molecule has 0 aliphatic carbocycles. The van der Waals surface area contributed by atoms with E-state index < -0.39 is 5.92 Å². The molecule has 1 aliphatic heterocycles. The highest BCUT2D eigenvalue weighted by Crippen LogP contribution is 2.34. The molecular weight excluding hydrogens is 300 g/mol. The summed E-state index contributed by atoms with van der Waals surface area (Å²) in [5.74, 6) is -0.554. The third-order valence-electron chi connectivity index (χ3n) is 4.79. The van der Waals surface area contributed by atoms with Crippen molar-refractivity contribution in [2.75, 3.05) is 12.4 Å². The van der Waals surface area contributed by atoms with E-state index in [0.29, 0.717) is 0 Å². The molecule has 2 atom stereocenters. The fraction of sp³-hybridized carbons (Fsp3) is 0.300. The molecule has 4 heteroatoms. The summed E-state index contributed by atoms with van der Waals surface area (Å²) in [5, 5.41) is 2.84. The highest BCUT2D eigenvalue weighted by Gasteiger charge is 2.33. The number of carbonyl (C=O) groups excluding carboxylic acids is 2. The van der Waals surface area contributed by atoms with E-state index in [4.69, 9.17) is 0 Å². The summed E-state index contributed by atoms with van der Waals surface area (Å²) in [6.45, 7) is 4.05. The zero-order valence-corrected chi connectivity index (χ0v) is 14.2. The number of nitrogens with one attached hydrogen (secondary N) is 1. The molecule has 2 aromatic carbocycles. The largest absolute Gasteiger partial charge is 0.338 e. The first-order valence-electron chi connectivity index (χ1n) is 8.19. The van der Waals surface area contributed by atoms with Crippen molar-refractivity contribution in [3.63, 3.8) is 0 Å². The van der Waals surface area contributed by atoms with E-state index >= 15 is 0 Å². The first kappa shape index (κ1) is 16.2. The van der Waals surface area contributed by atoms with Crippen LogP contribution < -0.4 is 5.32 Å². The fourth-order valence-corrected chi connectivity index (χ4v) is 3.14. The Labute approximate surface area is 142 Å². The molecule has 4 nitrogen and oxygen atoms in total. The highest BCUT2D eigenvalue weighted by atomic mass is 16.2. The van der Waals surface area contributed by atoms with Crippen LogP contribution in [0.2, 0.25) is 0 Å². The summed E-state index contributed by atoms with van der Waals surface area (Å²) in [6, 6.07) is 15.7. The predicted octanol–water partition coefficient (Wildman–Crippen LogP) is 3.64. The number of para-hydroxylation sites is 1. The molecule has 24 heavy (non-hydrogen) atoms. The second kappa shape index (κ2) is 6.48. The molecule has 124 valence electrons. The van der Waals surface area contributed by atoms with E-state index in [2.05, 4.69) is 5.32 Å². The second-order valence-electron chi connectivity index (χ2n) is 6.43. The molecule has 0 radical (unpaired) electrons. The monoisotopic (exact) mass is 322 g/mol. The Morgan fingerprint density at radius 2 is 1.83 bits per heavy atom. The molecular formula is C20H22N2O2. The Kier molecular flexibility index (Phi) is 4.38. The van der Waals surface area contributed by atoms with Crippen LogP contribution in [0.5, 0.6) is 0 Å². The number of fused-ring (bicyclic) bond motifs is 1. The van der Waals surface area contributed by atoms with Crippen molar-refractivity contribution in [3.05, 3.63) is 65.2 Å². The number of benzene rings is 2. The van der Waals surface area contributed by atoms with Gasteiger partial charge in [0.2, 0.25) is 11.8 Å². The Bertz CT molecular complexity index is 767. The highest BCUT2D eigenvalue weighted by molar-refractivity contribution is 6.01. The van der Waals surface area contributed by atoms with E-state index in [1.807, 2.05) is 69.4 Å². The number of hydrogen-bond donors (Lipinski definition) is 1. The molecule has 1 heterocycles. The fourth-order valence-electron chi connectivity index (χ4n) is 3.14. The number of hydrogen-bond acceptors (Lipinski definition) is 2. The van der Waals surface area contributed by atoms with E-state index in [1.54, 1.807) is 4.90 Å². The number of aryl methyl sites for hydroxylation is 1. The summed E-state index contributed by atoms with van der Waals surface area (Å²) in [7, 11) is 1.81. The summed E-state index contributed by atoms with van der Waals surface area (Å²) in [6.07, 6.45) is 0.195. The van der Waals surface area contributed by atoms with Gasteiger partial charge in [0.25, 0.3) is 0 Å². The average molecular weight is 322 g/mol. The average Bonchev–Trinajstić information content (AvgIpc) is 2.59. The number of likely N-dealkylation sites (N-methyl/N-ethyl adjacent to an activating group) is 1. The van der Waals surface area contributed by atoms with Crippen LogP contribution >= 0.6 is 0 Å². The van der Waals surface area contributed by atoms with Crippen LogP contribution in [0.1, 0.15) is 42.0 Å². The maximum Gasteiger partial charge on any atom is 0.230 e. The molecule has 1 aliphatic rings. The lowest BCUT2D eigenvalue weighted by molar-refractivity contribution is -0.135. The van der Waals surface area contributed by atoms with Crippen molar-refractivity contribution in [3.8, 4) is 0 Å². The van der Waals surface area contributed by atoms with Gasteiger partial charge in [0.05, 0.1) is 12.0 Å². The quantitative estimate of drug-likeness (QED) is 0.938. The van der Waals surface area contributed by atoms with Crippen LogP contribution in [0.15, 0.2) is 48.5 Å². The van der Waals surface area contributed by atoms with Crippen LogP contribution in [0.4, 0.5) is 5.69 Å². The van der Waals surface area contributed by atoms with Gasteiger partial charge in [-0.15, -0.1) is 0 Å². The van der Waals surface area contributed by atoms with Gasteiger partial charge in [0, 0.05) is 19.2 Å². The summed E-state index contributed by atoms with van der Waals surface area (Å²) in [4.78, 5) is 26.7. The molecule has 0 saturated carbocycles. The van der Waals surface area contributed by atoms with Gasteiger partial charge in [-0.3, -0.25) is 9.59 Å². The molecule has 0 aromatic heterocycles. The lowest BCUT2D eigenvalue weighted by atomic mass is 9.89. The van der Waals surface area contributed by atoms with E-state index in [9.17, 15) is 9.59 Å². The van der Waals surface area contributed by atoms with E-state index in [1.165, 1.54) is 5.56 Å². The minimum absolute atomic E-state index is 0.0228. The zero-order chi connectivity index (χ0) is 17.3. The Balaban J connectivity index is 1.85. The molecule has 0 fully saturated rings. The lowest BCUT2D eigenvalue weighted by Gasteiger charge is -2.32. The van der Waals surface area contributed by atoms with Crippen molar-refractivity contribution in [1.82, 2.24) is 4.90 Å². The van der Waals surface area contributed by atoms with Crippen molar-refractivity contribution in [1.29, 1.82) is 0 Å². The minimum atomic E-state index is -0.423. The summed E-state index contributed by atoms with van der Waals surface area (Å²) >= 11 is 0. The molecule has 2 aromatic rings. The van der Waals surface area contributed by atoms with Crippen LogP contribution in [-0.4, -0.2) is 23.8 Å². The number of rotatable bonds is 3. The van der Waals surface area contributed by atoms with E-state index in [0.717, 1.165) is 16.8 Å². The molecule has 2 amide bonds. The molecule has 0 bridgehead atoms. The third kappa shape index (κ3) is 3.04. The second-order valence-corrected chi connectivity index (χ2v) is 6.43. The number of nitrogens with zero attached hydrogens (tertiary/aromatic N) is 1. The smallest absolute Gasteiger partial charge is 0.230 e. The van der Waals surface area contributed by atoms with Crippen molar-refractivity contribution in [2.24, 2.45) is 0 Å². The van der Waals surface area contributed by atoms with Gasteiger partial charge in [0.15, 0.2) is 0 Å². The number of amides is 2. The van der Waals surface area contributed by atoms with Gasteiger partial charge >= 0.3 is 0 Å². The Hall–Kier alpha value is -2.62. The van der Waals surface area contributed by atoms with Gasteiger partial charge in [-0.05, 0) is 31.0 Å². The minimum Gasteiger partial charge on any atom is -0.338 e. The van der Waals surface area contributed by atoms with Crippen molar-refractivity contribution < 1.29 is 9.59 Å². The van der Waals surface area contributed by atoms with Gasteiger partial charge in [-0.2, -0.15) is 0 Å². The Morgan fingerprint density at radius 3 is 2.54 bits per heavy atom. The summed E-state index contributed by atoms with van der Waals surface area (Å²) in [5.41, 5.74) is 3.91. The standard InChI is InChI=1S/C20H22N2O2/c1-13-8-10-15(11-9-13)14(2)22(3)20(24)17-12-19(23)21-18-7-5-4-6-16(17)18/h4-11,14,17H,12H2,1-3H3,(H,21,23). The van der Waals surface area contributed by atoms with Gasteiger partial charge < -0.3 is 10.2 Å². The number of anilines is 1. The first-order valence-corrected chi connectivity index (χ1v) is 8.19. The first-order chi connectivity index (χ1) is 11.5. The molecule has 0 spiro atoms. The van der Waals surface area contributed by atoms with Crippen LogP contribution in [0.3, 0.4) is 0 Å². The number of carbonyl (C=O) groups is 2. The molecule has 3 rings (SSSR count). The maximum atomic E-state index is 13.0. The van der Waals surface area contributed by atoms with Gasteiger partial charge in [0.1, 0.15) is 0 Å². The SMILES string of the molecule is Cc1ccc(C(C)N(C)C(=O)C2CC(=O)Nc3ccccc32)cc1. The predicted molar refractivity (Wildman–Crippen MR) is 94.8 cm³/mol. The lowest BCUT2D eigenvalue weighted by Crippen LogP contribution is -2.37. The topological polar surface area (TPSA) is 49.4 Å².